The van der Waals surface area contributed by atoms with E-state index >= 15 is 0 Å². The summed E-state index contributed by atoms with van der Waals surface area (Å²) in [6.45, 7) is 2.36. The number of ketones is 2. The minimum atomic E-state index is -0.881. The van der Waals surface area contributed by atoms with Crippen LogP contribution in [0.4, 0.5) is 5.69 Å². The third-order valence-electron chi connectivity index (χ3n) is 2.36. The Hall–Kier alpha value is -2.70. The van der Waals surface area contributed by atoms with Crippen molar-refractivity contribution in [2.45, 2.75) is 13.8 Å². The van der Waals surface area contributed by atoms with E-state index in [0.717, 1.165) is 18.2 Å². The van der Waals surface area contributed by atoms with Gasteiger partial charge in [-0.15, -0.1) is 0 Å². The Bertz CT molecular complexity index is 586. The molecule has 0 radical (unpaired) electrons. The highest BCUT2D eigenvalue weighted by molar-refractivity contribution is 6.21. The smallest absolute Gasteiger partial charge is 0.315 e. The van der Waals surface area contributed by atoms with Gasteiger partial charge in [-0.1, -0.05) is 0 Å². The first-order valence-corrected chi connectivity index (χ1v) is 5.18. The average molecular weight is 270 g/mol. The predicted octanol–water partition coefficient (Wildman–Crippen LogP) is 1.57. The van der Waals surface area contributed by atoms with Gasteiger partial charge in [0, 0.05) is 6.07 Å². The van der Waals surface area contributed by atoms with Crippen molar-refractivity contribution in [3.63, 3.8) is 0 Å². The molecule has 1 rings (SSSR count). The summed E-state index contributed by atoms with van der Waals surface area (Å²) in [6, 6.07) is 1.98. The molecule has 0 amide bonds. The standard InChI is InChI=1S/C12H11NO6/c1-6(14)9(7(2)15)3-8-4-10(13(18)19)12(17)11(16)5-8/h3-5,16-17H,1-2H3/i1+1,2+1,6+1,7+1,9+1. The van der Waals surface area contributed by atoms with Crippen molar-refractivity contribution in [3.8, 4) is 11.5 Å². The molecule has 0 atom stereocenters. The number of nitro groups is 1. The second-order valence-corrected chi connectivity index (χ2v) is 3.84. The van der Waals surface area contributed by atoms with Gasteiger partial charge >= 0.3 is 5.69 Å². The first-order chi connectivity index (χ1) is 8.73. The highest BCUT2D eigenvalue weighted by atomic mass is 16.6. The molecule has 0 unspecified atom stereocenters. The zero-order chi connectivity index (χ0) is 14.7. The molecule has 2 N–H and O–H groups in total. The van der Waals surface area contributed by atoms with Crippen LogP contribution in [0.1, 0.15) is 19.4 Å². The van der Waals surface area contributed by atoms with E-state index in [1.54, 1.807) is 0 Å². The number of carbonyl (C=O) groups excluding carboxylic acids is 2. The van der Waals surface area contributed by atoms with E-state index in [4.69, 9.17) is 0 Å². The lowest BCUT2D eigenvalue weighted by Gasteiger charge is -2.03. The topological polar surface area (TPSA) is 118 Å². The first-order valence-electron chi connectivity index (χ1n) is 5.18. The molecular weight excluding hydrogens is 259 g/mol. The molecule has 0 spiro atoms. The number of phenols is 2. The number of hydrogen-bond acceptors (Lipinski definition) is 6. The summed E-state index contributed by atoms with van der Waals surface area (Å²) < 4.78 is 0. The van der Waals surface area contributed by atoms with Crippen molar-refractivity contribution >= 4 is 23.3 Å². The molecular formula is C12H11NO6. The van der Waals surface area contributed by atoms with E-state index in [9.17, 15) is 29.9 Å². The van der Waals surface area contributed by atoms with E-state index in [-0.39, 0.29) is 11.1 Å². The molecule has 1 aromatic rings. The van der Waals surface area contributed by atoms with Gasteiger partial charge in [0.25, 0.3) is 0 Å². The highest BCUT2D eigenvalue weighted by Crippen LogP contribution is 2.36. The second-order valence-electron chi connectivity index (χ2n) is 3.84. The Morgan fingerprint density at radius 1 is 1.21 bits per heavy atom. The number of benzene rings is 1. The van der Waals surface area contributed by atoms with Crippen molar-refractivity contribution in [2.75, 3.05) is 0 Å². The van der Waals surface area contributed by atoms with Crippen LogP contribution in [0.2, 0.25) is 0 Å². The average Bonchev–Trinajstić information content (AvgIpc) is 2.28. The number of nitrogens with zero attached hydrogens (tertiary/aromatic N) is 1. The Labute approximate surface area is 107 Å². The van der Waals surface area contributed by atoms with Crippen LogP contribution in [0.15, 0.2) is 17.7 Å². The van der Waals surface area contributed by atoms with Gasteiger partial charge in [-0.25, -0.2) is 0 Å². The van der Waals surface area contributed by atoms with E-state index in [0.29, 0.717) is 0 Å². The van der Waals surface area contributed by atoms with E-state index in [2.05, 4.69) is 0 Å². The van der Waals surface area contributed by atoms with Crippen LogP contribution in [0.3, 0.4) is 0 Å². The van der Waals surface area contributed by atoms with Gasteiger partial charge in [0.15, 0.2) is 17.3 Å². The molecule has 1 aromatic carbocycles. The predicted molar refractivity (Wildman–Crippen MR) is 65.8 cm³/mol. The van der Waals surface area contributed by atoms with Crippen molar-refractivity contribution in [1.29, 1.82) is 0 Å². The lowest BCUT2D eigenvalue weighted by Crippen LogP contribution is -2.05. The SMILES string of the molecule is [13CH3][13C](=O)[13C](=Cc1cc(O)c(O)c([N+](=O)[O-])c1)[13C]([13CH3])=O. The number of rotatable bonds is 4. The maximum Gasteiger partial charge on any atom is 0.315 e. The molecule has 0 aliphatic rings. The van der Waals surface area contributed by atoms with Crippen molar-refractivity contribution in [3.05, 3.63) is 33.4 Å². The van der Waals surface area contributed by atoms with Gasteiger partial charge in [-0.2, -0.15) is 0 Å². The Morgan fingerprint density at radius 3 is 2.16 bits per heavy atom. The molecule has 0 bridgehead atoms. The van der Waals surface area contributed by atoms with Crippen LogP contribution in [0, 0.1) is 10.1 Å². The summed E-state index contributed by atoms with van der Waals surface area (Å²) in [6.07, 6.45) is 1.12. The van der Waals surface area contributed by atoms with Crippen LogP contribution in [-0.4, -0.2) is 26.7 Å². The minimum Gasteiger partial charge on any atom is -0.504 e. The van der Waals surface area contributed by atoms with Crippen LogP contribution in [0.25, 0.3) is 6.08 Å². The normalized spacial score (nSPS) is 9.79. The molecule has 0 saturated carbocycles. The Balaban J connectivity index is 3.44. The lowest BCUT2D eigenvalue weighted by atomic mass is 10.2. The summed E-state index contributed by atoms with van der Waals surface area (Å²) >= 11 is 0. The third-order valence-corrected chi connectivity index (χ3v) is 2.36. The molecule has 0 fully saturated rings. The third kappa shape index (κ3) is 3.15. The number of allylic oxidation sites excluding steroid dienone is 1. The molecule has 7 heteroatoms. The molecule has 0 aromatic heterocycles. The second kappa shape index (κ2) is 5.30. The van der Waals surface area contributed by atoms with Crippen LogP contribution < -0.4 is 0 Å². The summed E-state index contributed by atoms with van der Waals surface area (Å²) in [5.74, 6) is -2.56. The molecule has 0 heterocycles. The zero-order valence-electron chi connectivity index (χ0n) is 10.2. The van der Waals surface area contributed by atoms with Gasteiger partial charge in [0.05, 0.1) is 10.5 Å². The number of phenolic OH excluding ortho intramolecular Hbond substituents is 2. The number of hydrogen-bond donors (Lipinski definition) is 2. The monoisotopic (exact) mass is 270 g/mol. The van der Waals surface area contributed by atoms with Crippen LogP contribution in [-0.2, 0) is 9.59 Å². The minimum absolute atomic E-state index is 0.0717. The maximum atomic E-state index is 11.2. The van der Waals surface area contributed by atoms with Crippen LogP contribution in [0.5, 0.6) is 11.5 Å². The summed E-state index contributed by atoms with van der Waals surface area (Å²) in [7, 11) is 0. The highest BCUT2D eigenvalue weighted by Gasteiger charge is 2.19. The molecule has 19 heavy (non-hydrogen) atoms. The molecule has 0 aliphatic heterocycles. The summed E-state index contributed by atoms with van der Waals surface area (Å²) in [4.78, 5) is 32.2. The quantitative estimate of drug-likeness (QED) is 0.163. The summed E-state index contributed by atoms with van der Waals surface area (Å²) in [5.41, 5.74) is -0.792. The molecule has 0 saturated heterocycles. The largest absolute Gasteiger partial charge is 0.504 e. The number of aromatic hydroxyl groups is 2. The molecule has 7 nitrogen and oxygen atoms in total. The van der Waals surface area contributed by atoms with Gasteiger partial charge in [-0.3, -0.25) is 19.7 Å². The van der Waals surface area contributed by atoms with Crippen molar-refractivity contribution in [1.82, 2.24) is 0 Å². The van der Waals surface area contributed by atoms with Crippen LogP contribution >= 0.6 is 0 Å². The Kier molecular flexibility index (Phi) is 4.00. The zero-order valence-corrected chi connectivity index (χ0v) is 10.2. The van der Waals surface area contributed by atoms with E-state index in [1.807, 2.05) is 0 Å². The fourth-order valence-electron chi connectivity index (χ4n) is 1.47. The number of Topliss-reactive ketones (excluding diaryl/α,β-unsaturated/α-hetero) is 2. The maximum absolute atomic E-state index is 11.2. The van der Waals surface area contributed by atoms with Crippen molar-refractivity contribution in [2.24, 2.45) is 0 Å². The van der Waals surface area contributed by atoms with Gasteiger partial charge in [0.1, 0.15) is 0 Å². The number of nitro benzene ring substituents is 1. The lowest BCUT2D eigenvalue weighted by molar-refractivity contribution is -0.386. The van der Waals surface area contributed by atoms with Gasteiger partial charge in [-0.05, 0) is 31.6 Å². The number of carbonyl (C=O) groups is 2. The Morgan fingerprint density at radius 2 is 1.74 bits per heavy atom. The van der Waals surface area contributed by atoms with E-state index < -0.39 is 33.7 Å². The first kappa shape index (κ1) is 14.4. The fraction of sp³-hybridized carbons (Fsp3) is 0.167. The molecule has 0 aliphatic carbocycles. The summed E-state index contributed by atoms with van der Waals surface area (Å²) in [5, 5.41) is 29.3. The molecule has 100 valence electrons. The van der Waals surface area contributed by atoms with Gasteiger partial charge < -0.3 is 10.2 Å². The fourth-order valence-corrected chi connectivity index (χ4v) is 1.47. The van der Waals surface area contributed by atoms with E-state index in [1.165, 1.54) is 13.8 Å². The van der Waals surface area contributed by atoms with Crippen molar-refractivity contribution < 1.29 is 24.7 Å². The van der Waals surface area contributed by atoms with Gasteiger partial charge in [0.2, 0.25) is 5.75 Å².